The van der Waals surface area contributed by atoms with E-state index in [0.29, 0.717) is 42.2 Å². The second kappa shape index (κ2) is 8.71. The number of aliphatic hydroxyl groups excluding tert-OH is 1. The summed E-state index contributed by atoms with van der Waals surface area (Å²) < 4.78 is 10.6. The van der Waals surface area contributed by atoms with Gasteiger partial charge in [0.1, 0.15) is 11.5 Å². The maximum absolute atomic E-state index is 13.8. The first-order chi connectivity index (χ1) is 15.9. The van der Waals surface area contributed by atoms with Crippen LogP contribution in [-0.2, 0) is 24.7 Å². The van der Waals surface area contributed by atoms with Gasteiger partial charge >= 0.3 is 0 Å². The Morgan fingerprint density at radius 1 is 1.06 bits per heavy atom. The molecule has 0 bridgehead atoms. The van der Waals surface area contributed by atoms with E-state index in [1.165, 1.54) is 9.80 Å². The average molecular weight is 450 g/mol. The zero-order valence-corrected chi connectivity index (χ0v) is 18.8. The molecule has 2 aliphatic heterocycles. The van der Waals surface area contributed by atoms with Gasteiger partial charge in [-0.25, -0.2) is 0 Å². The maximum atomic E-state index is 13.8. The highest BCUT2D eigenvalue weighted by Gasteiger charge is 2.66. The van der Waals surface area contributed by atoms with Gasteiger partial charge in [0.25, 0.3) is 17.6 Å². The predicted molar refractivity (Wildman–Crippen MR) is 122 cm³/mol. The van der Waals surface area contributed by atoms with Crippen molar-refractivity contribution in [2.24, 2.45) is 0 Å². The fourth-order valence-corrected chi connectivity index (χ4v) is 4.66. The van der Waals surface area contributed by atoms with Crippen LogP contribution in [0.25, 0.3) is 5.76 Å². The molecular formula is C25H26N2O6. The lowest BCUT2D eigenvalue weighted by atomic mass is 9.82. The van der Waals surface area contributed by atoms with Crippen LogP contribution in [0.3, 0.4) is 0 Å². The summed E-state index contributed by atoms with van der Waals surface area (Å²) in [5.41, 5.74) is -0.584. The van der Waals surface area contributed by atoms with Crippen molar-refractivity contribution < 1.29 is 29.0 Å². The summed E-state index contributed by atoms with van der Waals surface area (Å²) in [6.07, 6.45) is 0.424. The minimum atomic E-state index is -1.74. The van der Waals surface area contributed by atoms with Gasteiger partial charge in [0.15, 0.2) is 5.54 Å². The molecular weight excluding hydrogens is 424 g/mol. The average Bonchev–Trinajstić information content (AvgIpc) is 3.18. The number of methoxy groups -OCH3 is 1. The van der Waals surface area contributed by atoms with Crippen molar-refractivity contribution in [3.8, 4) is 5.75 Å². The first-order valence-electron chi connectivity index (χ1n) is 10.8. The van der Waals surface area contributed by atoms with E-state index in [0.717, 1.165) is 0 Å². The number of Topliss-reactive ketones (excluding diaryl/α,β-unsaturated/α-hetero) is 1. The Morgan fingerprint density at radius 2 is 1.76 bits per heavy atom. The number of aliphatic hydroxyl groups is 1. The standard InChI is InChI=1S/C25H26N2O6/c1-4-33-17-12-10-16(11-13-17)21(28)20-22(29)23(30)27(14-7-15-32-3)25(20)18-8-5-6-9-19(18)26(2)24(25)31/h5-6,8-13,28H,4,7,14-15H2,1-3H3. The zero-order valence-electron chi connectivity index (χ0n) is 18.8. The lowest BCUT2D eigenvalue weighted by Crippen LogP contribution is -2.51. The van der Waals surface area contributed by atoms with Gasteiger partial charge in [-0.2, -0.15) is 0 Å². The fraction of sp³-hybridized carbons (Fsp3) is 0.320. The highest BCUT2D eigenvalue weighted by molar-refractivity contribution is 6.50. The number of hydrogen-bond acceptors (Lipinski definition) is 6. The number of carbonyl (C=O) groups is 3. The molecule has 2 heterocycles. The molecule has 172 valence electrons. The second-order valence-electron chi connectivity index (χ2n) is 7.90. The Balaban J connectivity index is 1.95. The molecule has 8 heteroatoms. The van der Waals surface area contributed by atoms with E-state index in [-0.39, 0.29) is 12.1 Å². The molecule has 1 fully saturated rings. The third kappa shape index (κ3) is 3.29. The van der Waals surface area contributed by atoms with Crippen LogP contribution in [0, 0.1) is 0 Å². The summed E-state index contributed by atoms with van der Waals surface area (Å²) in [5.74, 6) is -1.98. The van der Waals surface area contributed by atoms with E-state index >= 15 is 0 Å². The van der Waals surface area contributed by atoms with Crippen LogP contribution in [0.5, 0.6) is 5.75 Å². The highest BCUT2D eigenvalue weighted by atomic mass is 16.5. The second-order valence-corrected chi connectivity index (χ2v) is 7.90. The Morgan fingerprint density at radius 3 is 2.42 bits per heavy atom. The van der Waals surface area contributed by atoms with Crippen molar-refractivity contribution in [1.29, 1.82) is 0 Å². The van der Waals surface area contributed by atoms with Crippen LogP contribution in [-0.4, -0.2) is 61.5 Å². The van der Waals surface area contributed by atoms with Gasteiger partial charge < -0.3 is 24.4 Å². The lowest BCUT2D eigenvalue weighted by molar-refractivity contribution is -0.143. The van der Waals surface area contributed by atoms with Crippen LogP contribution in [0.4, 0.5) is 5.69 Å². The molecule has 8 nitrogen and oxygen atoms in total. The summed E-state index contributed by atoms with van der Waals surface area (Å²) in [5, 5.41) is 11.3. The van der Waals surface area contributed by atoms with Gasteiger partial charge in [-0.3, -0.25) is 14.4 Å². The highest BCUT2D eigenvalue weighted by Crippen LogP contribution is 2.53. The number of fused-ring (bicyclic) bond motifs is 2. The number of likely N-dealkylation sites (N-methyl/N-ethyl adjacent to an activating group) is 1. The van der Waals surface area contributed by atoms with Gasteiger partial charge in [0, 0.05) is 44.1 Å². The molecule has 1 atom stereocenters. The van der Waals surface area contributed by atoms with E-state index in [4.69, 9.17) is 9.47 Å². The molecule has 0 saturated carbocycles. The van der Waals surface area contributed by atoms with Crippen molar-refractivity contribution in [3.63, 3.8) is 0 Å². The molecule has 2 aromatic rings. The third-order valence-electron chi connectivity index (χ3n) is 6.11. The first-order valence-corrected chi connectivity index (χ1v) is 10.8. The molecule has 0 aromatic heterocycles. The number of carbonyl (C=O) groups excluding carboxylic acids is 3. The predicted octanol–water partition coefficient (Wildman–Crippen LogP) is 2.67. The molecule has 0 aliphatic carbocycles. The largest absolute Gasteiger partial charge is 0.507 e. The van der Waals surface area contributed by atoms with Crippen LogP contribution in [0.2, 0.25) is 0 Å². The number of anilines is 1. The summed E-state index contributed by atoms with van der Waals surface area (Å²) in [4.78, 5) is 43.0. The zero-order chi connectivity index (χ0) is 23.8. The van der Waals surface area contributed by atoms with Gasteiger partial charge in [0.05, 0.1) is 12.2 Å². The van der Waals surface area contributed by atoms with Crippen molar-refractivity contribution in [1.82, 2.24) is 4.90 Å². The number of ether oxygens (including phenoxy) is 2. The Kier molecular flexibility index (Phi) is 5.95. The Hall–Kier alpha value is -3.65. The summed E-state index contributed by atoms with van der Waals surface area (Å²) in [6, 6.07) is 13.5. The minimum Gasteiger partial charge on any atom is -0.507 e. The summed E-state index contributed by atoms with van der Waals surface area (Å²) in [7, 11) is 3.14. The molecule has 1 N–H and O–H groups in total. The summed E-state index contributed by atoms with van der Waals surface area (Å²) >= 11 is 0. The van der Waals surface area contributed by atoms with Crippen LogP contribution in [0.15, 0.2) is 54.1 Å². The maximum Gasteiger partial charge on any atom is 0.296 e. The summed E-state index contributed by atoms with van der Waals surface area (Å²) in [6.45, 7) is 2.81. The number of likely N-dealkylation sites (tertiary alicyclic amines) is 1. The van der Waals surface area contributed by atoms with Crippen molar-refractivity contribution in [2.75, 3.05) is 38.8 Å². The molecule has 1 spiro atoms. The minimum absolute atomic E-state index is 0.117. The normalized spacial score (nSPS) is 21.2. The Bertz CT molecular complexity index is 1140. The Labute approximate surface area is 192 Å². The molecule has 33 heavy (non-hydrogen) atoms. The number of ketones is 1. The first kappa shape index (κ1) is 22.5. The van der Waals surface area contributed by atoms with E-state index in [9.17, 15) is 19.5 Å². The molecule has 0 radical (unpaired) electrons. The smallest absolute Gasteiger partial charge is 0.296 e. The number of benzene rings is 2. The van der Waals surface area contributed by atoms with Crippen LogP contribution in [0.1, 0.15) is 24.5 Å². The van der Waals surface area contributed by atoms with E-state index in [1.807, 2.05) is 6.92 Å². The van der Waals surface area contributed by atoms with Gasteiger partial charge in [-0.15, -0.1) is 0 Å². The molecule has 2 aliphatic rings. The van der Waals surface area contributed by atoms with E-state index in [1.54, 1.807) is 62.7 Å². The van der Waals surface area contributed by atoms with Gasteiger partial charge in [0.2, 0.25) is 0 Å². The third-order valence-corrected chi connectivity index (χ3v) is 6.11. The fourth-order valence-electron chi connectivity index (χ4n) is 4.66. The monoisotopic (exact) mass is 450 g/mol. The van der Waals surface area contributed by atoms with Gasteiger partial charge in [-0.05, 0) is 43.7 Å². The van der Waals surface area contributed by atoms with Crippen molar-refractivity contribution in [2.45, 2.75) is 18.9 Å². The molecule has 4 rings (SSSR count). The molecule has 1 unspecified atom stereocenters. The van der Waals surface area contributed by atoms with Gasteiger partial charge in [-0.1, -0.05) is 18.2 Å². The number of para-hydroxylation sites is 1. The van der Waals surface area contributed by atoms with Crippen LogP contribution < -0.4 is 9.64 Å². The lowest BCUT2D eigenvalue weighted by Gasteiger charge is -2.34. The van der Waals surface area contributed by atoms with E-state index in [2.05, 4.69) is 0 Å². The van der Waals surface area contributed by atoms with E-state index < -0.39 is 28.9 Å². The number of amides is 2. The topological polar surface area (TPSA) is 96.4 Å². The van der Waals surface area contributed by atoms with Crippen molar-refractivity contribution in [3.05, 3.63) is 65.2 Å². The molecule has 2 amide bonds. The molecule has 2 aromatic carbocycles. The van der Waals surface area contributed by atoms with Crippen LogP contribution >= 0.6 is 0 Å². The number of nitrogens with zero attached hydrogens (tertiary/aromatic N) is 2. The SMILES string of the molecule is CCOc1ccc(C(O)=C2C(=O)C(=O)N(CCCOC)C23C(=O)N(C)c2ccccc23)cc1. The number of rotatable bonds is 7. The molecule has 1 saturated heterocycles. The van der Waals surface area contributed by atoms with Crippen molar-refractivity contribution >= 4 is 29.0 Å². The quantitative estimate of drug-likeness (QED) is 0.302. The number of hydrogen-bond donors (Lipinski definition) is 1.